The monoisotopic (exact) mass is 328 g/mol. The van der Waals surface area contributed by atoms with Gasteiger partial charge in [0.15, 0.2) is 0 Å². The minimum Gasteiger partial charge on any atom is -0.336 e. The van der Waals surface area contributed by atoms with Crippen LogP contribution in [0.1, 0.15) is 54.8 Å². The average molecular weight is 328 g/mol. The van der Waals surface area contributed by atoms with Gasteiger partial charge in [0.2, 0.25) is 0 Å². The van der Waals surface area contributed by atoms with Crippen molar-refractivity contribution in [2.45, 2.75) is 45.1 Å². The third-order valence-electron chi connectivity index (χ3n) is 5.74. The molecular weight excluding hydrogens is 304 g/mol. The quantitative estimate of drug-likeness (QED) is 0.859. The molecule has 3 heterocycles. The maximum absolute atomic E-state index is 12.9. The lowest BCUT2D eigenvalue weighted by molar-refractivity contribution is 0.0714. The summed E-state index contributed by atoms with van der Waals surface area (Å²) in [6.45, 7) is 4.65. The van der Waals surface area contributed by atoms with Gasteiger partial charge in [-0.1, -0.05) is 13.3 Å². The molecule has 24 heavy (non-hydrogen) atoms. The highest BCUT2D eigenvalue weighted by atomic mass is 16.2. The number of aromatic nitrogens is 5. The van der Waals surface area contributed by atoms with Gasteiger partial charge in [-0.15, -0.1) is 10.2 Å². The minimum absolute atomic E-state index is 0.0744. The lowest BCUT2D eigenvalue weighted by Crippen LogP contribution is -2.38. The SMILES string of the molecule is CCCn1cnnc1C1CN(C(=O)c2cncn2C)CC12CCC2. The number of hydrogen-bond donors (Lipinski definition) is 0. The predicted octanol–water partition coefficient (Wildman–Crippen LogP) is 1.83. The van der Waals surface area contributed by atoms with Crippen molar-refractivity contribution in [1.29, 1.82) is 0 Å². The highest BCUT2D eigenvalue weighted by Crippen LogP contribution is 2.55. The van der Waals surface area contributed by atoms with Gasteiger partial charge in [0.05, 0.1) is 12.5 Å². The van der Waals surface area contributed by atoms with E-state index in [1.165, 1.54) is 19.3 Å². The van der Waals surface area contributed by atoms with E-state index in [0.717, 1.165) is 31.9 Å². The summed E-state index contributed by atoms with van der Waals surface area (Å²) in [7, 11) is 1.87. The summed E-state index contributed by atoms with van der Waals surface area (Å²) in [5, 5.41) is 8.56. The van der Waals surface area contributed by atoms with Crippen LogP contribution in [0.2, 0.25) is 0 Å². The molecule has 128 valence electrons. The van der Waals surface area contributed by atoms with Crippen LogP contribution in [0.15, 0.2) is 18.9 Å². The van der Waals surface area contributed by atoms with Crippen molar-refractivity contribution >= 4 is 5.91 Å². The van der Waals surface area contributed by atoms with Crippen molar-refractivity contribution in [3.63, 3.8) is 0 Å². The second kappa shape index (κ2) is 5.72. The van der Waals surface area contributed by atoms with Gasteiger partial charge in [0.25, 0.3) is 5.91 Å². The summed E-state index contributed by atoms with van der Waals surface area (Å²) in [6.07, 6.45) is 9.81. The van der Waals surface area contributed by atoms with Crippen LogP contribution in [0, 0.1) is 5.41 Å². The number of carbonyl (C=O) groups excluding carboxylic acids is 1. The molecule has 2 aromatic rings. The number of nitrogens with zero attached hydrogens (tertiary/aromatic N) is 6. The molecule has 0 N–H and O–H groups in total. The second-order valence-electron chi connectivity index (χ2n) is 7.23. The van der Waals surface area contributed by atoms with E-state index in [1.54, 1.807) is 17.1 Å². The number of hydrogen-bond acceptors (Lipinski definition) is 4. The molecule has 0 aromatic carbocycles. The number of carbonyl (C=O) groups is 1. The van der Waals surface area contributed by atoms with Crippen LogP contribution in [0.4, 0.5) is 0 Å². The summed E-state index contributed by atoms with van der Waals surface area (Å²) >= 11 is 0. The molecule has 2 fully saturated rings. The first-order valence-corrected chi connectivity index (χ1v) is 8.78. The zero-order valence-electron chi connectivity index (χ0n) is 14.4. The molecule has 1 amide bonds. The third-order valence-corrected chi connectivity index (χ3v) is 5.74. The predicted molar refractivity (Wildman–Crippen MR) is 88.4 cm³/mol. The van der Waals surface area contributed by atoms with Crippen LogP contribution in [0.5, 0.6) is 0 Å². The van der Waals surface area contributed by atoms with Gasteiger partial charge in [-0.2, -0.15) is 0 Å². The smallest absolute Gasteiger partial charge is 0.272 e. The van der Waals surface area contributed by atoms with E-state index in [-0.39, 0.29) is 17.2 Å². The van der Waals surface area contributed by atoms with E-state index in [0.29, 0.717) is 5.69 Å². The van der Waals surface area contributed by atoms with E-state index in [1.807, 2.05) is 18.3 Å². The highest BCUT2D eigenvalue weighted by Gasteiger charge is 2.53. The summed E-state index contributed by atoms with van der Waals surface area (Å²) in [4.78, 5) is 19.0. The average Bonchev–Trinajstić information content (AvgIpc) is 3.23. The van der Waals surface area contributed by atoms with Gasteiger partial charge in [-0.3, -0.25) is 4.79 Å². The first-order valence-electron chi connectivity index (χ1n) is 8.78. The lowest BCUT2D eigenvalue weighted by Gasteiger charge is -2.42. The zero-order chi connectivity index (χ0) is 16.7. The number of amides is 1. The molecule has 2 aliphatic rings. The molecule has 7 nitrogen and oxygen atoms in total. The fraction of sp³-hybridized carbons (Fsp3) is 0.647. The zero-order valence-corrected chi connectivity index (χ0v) is 14.4. The standard InChI is InChI=1S/C17H24N6O/c1-3-7-22-12-19-20-15(22)13-9-23(10-17(13)5-4-6-17)16(24)14-8-18-11-21(14)2/h8,11-13H,3-7,9-10H2,1-2H3. The van der Waals surface area contributed by atoms with Gasteiger partial charge in [-0.05, 0) is 24.7 Å². The Balaban J connectivity index is 1.62. The van der Waals surface area contributed by atoms with Crippen molar-refractivity contribution in [2.24, 2.45) is 12.5 Å². The third kappa shape index (κ3) is 2.25. The van der Waals surface area contributed by atoms with Crippen LogP contribution in [0.3, 0.4) is 0 Å². The molecule has 4 rings (SSSR count). The summed E-state index contributed by atoms with van der Waals surface area (Å²) in [6, 6.07) is 0. The lowest BCUT2D eigenvalue weighted by atomic mass is 9.62. The molecular formula is C17H24N6O. The molecule has 1 aliphatic heterocycles. The minimum atomic E-state index is 0.0744. The van der Waals surface area contributed by atoms with E-state index < -0.39 is 0 Å². The Hall–Kier alpha value is -2.18. The maximum atomic E-state index is 12.9. The fourth-order valence-corrected chi connectivity index (χ4v) is 4.29. The Bertz CT molecular complexity index is 744. The van der Waals surface area contributed by atoms with Crippen LogP contribution in [-0.2, 0) is 13.6 Å². The van der Waals surface area contributed by atoms with E-state index in [4.69, 9.17) is 0 Å². The molecule has 0 radical (unpaired) electrons. The first kappa shape index (κ1) is 15.4. The number of rotatable bonds is 4. The van der Waals surface area contributed by atoms with Crippen LogP contribution >= 0.6 is 0 Å². The Morgan fingerprint density at radius 3 is 2.83 bits per heavy atom. The Morgan fingerprint density at radius 1 is 1.38 bits per heavy atom. The summed E-state index contributed by atoms with van der Waals surface area (Å²) in [5.41, 5.74) is 0.840. The number of likely N-dealkylation sites (tertiary alicyclic amines) is 1. The van der Waals surface area contributed by atoms with Crippen molar-refractivity contribution in [3.05, 3.63) is 30.4 Å². The van der Waals surface area contributed by atoms with E-state index in [9.17, 15) is 4.79 Å². The highest BCUT2D eigenvalue weighted by molar-refractivity contribution is 5.92. The molecule has 2 aromatic heterocycles. The van der Waals surface area contributed by atoms with Crippen LogP contribution < -0.4 is 0 Å². The van der Waals surface area contributed by atoms with Crippen molar-refractivity contribution in [2.75, 3.05) is 13.1 Å². The van der Waals surface area contributed by atoms with Crippen molar-refractivity contribution < 1.29 is 4.79 Å². The molecule has 1 spiro atoms. The van der Waals surface area contributed by atoms with E-state index >= 15 is 0 Å². The Kier molecular flexibility index (Phi) is 3.66. The van der Waals surface area contributed by atoms with E-state index in [2.05, 4.69) is 26.7 Å². The first-order chi connectivity index (χ1) is 11.6. The Labute approximate surface area is 141 Å². The summed E-state index contributed by atoms with van der Waals surface area (Å²) < 4.78 is 3.96. The molecule has 1 saturated carbocycles. The van der Waals surface area contributed by atoms with Gasteiger partial charge >= 0.3 is 0 Å². The molecule has 0 bridgehead atoms. The maximum Gasteiger partial charge on any atom is 0.272 e. The number of imidazole rings is 1. The topological polar surface area (TPSA) is 68.8 Å². The number of aryl methyl sites for hydroxylation is 2. The van der Waals surface area contributed by atoms with Crippen molar-refractivity contribution in [1.82, 2.24) is 29.2 Å². The molecule has 7 heteroatoms. The van der Waals surface area contributed by atoms with Gasteiger partial charge in [0, 0.05) is 32.6 Å². The van der Waals surface area contributed by atoms with Gasteiger partial charge in [0.1, 0.15) is 17.8 Å². The molecule has 1 atom stereocenters. The molecule has 1 saturated heterocycles. The molecule has 1 unspecified atom stereocenters. The second-order valence-corrected chi connectivity index (χ2v) is 7.23. The normalized spacial score (nSPS) is 22.1. The van der Waals surface area contributed by atoms with Crippen LogP contribution in [0.25, 0.3) is 0 Å². The fourth-order valence-electron chi connectivity index (χ4n) is 4.29. The molecule has 1 aliphatic carbocycles. The van der Waals surface area contributed by atoms with Crippen LogP contribution in [-0.4, -0.2) is 48.2 Å². The van der Waals surface area contributed by atoms with Gasteiger partial charge < -0.3 is 14.0 Å². The Morgan fingerprint density at radius 2 is 2.21 bits per heavy atom. The van der Waals surface area contributed by atoms with Gasteiger partial charge in [-0.25, -0.2) is 4.98 Å². The van der Waals surface area contributed by atoms with Crippen molar-refractivity contribution in [3.8, 4) is 0 Å². The largest absolute Gasteiger partial charge is 0.336 e. The summed E-state index contributed by atoms with van der Waals surface area (Å²) in [5.74, 6) is 1.42.